The second-order valence-electron chi connectivity index (χ2n) is 6.35. The molecule has 2 aliphatic heterocycles. The van der Waals surface area contributed by atoms with Crippen LogP contribution in [0.3, 0.4) is 0 Å². The molecule has 0 radical (unpaired) electrons. The van der Waals surface area contributed by atoms with Gasteiger partial charge in [0.2, 0.25) is 0 Å². The molecule has 0 aliphatic carbocycles. The Morgan fingerprint density at radius 2 is 1.74 bits per heavy atom. The molecule has 2 N–H and O–H groups in total. The molecule has 3 rings (SSSR count). The van der Waals surface area contributed by atoms with Crippen LogP contribution in [0.25, 0.3) is 0 Å². The largest absolute Gasteiger partial charge is 0.378 e. The van der Waals surface area contributed by atoms with Crippen molar-refractivity contribution >= 4 is 40.6 Å². The molecule has 1 unspecified atom stereocenters. The predicted octanol–water partition coefficient (Wildman–Crippen LogP) is 0.609. The first-order valence-electron chi connectivity index (χ1n) is 9.01. The number of hydrogen-bond acceptors (Lipinski definition) is 5. The van der Waals surface area contributed by atoms with E-state index < -0.39 is 0 Å². The molecule has 1 atom stereocenters. The number of hydrogen-bond donors (Lipinski definition) is 2. The van der Waals surface area contributed by atoms with Gasteiger partial charge in [0.25, 0.3) is 5.91 Å². The van der Waals surface area contributed by atoms with Gasteiger partial charge in [-0.3, -0.25) is 10.1 Å². The molecule has 0 aromatic heterocycles. The van der Waals surface area contributed by atoms with Crippen LogP contribution in [0.2, 0.25) is 0 Å². The van der Waals surface area contributed by atoms with Crippen LogP contribution in [0.4, 0.5) is 0 Å². The van der Waals surface area contributed by atoms with Gasteiger partial charge in [-0.25, -0.2) is 0 Å². The predicted molar refractivity (Wildman–Crippen MR) is 111 cm³/mol. The van der Waals surface area contributed by atoms with E-state index in [1.807, 2.05) is 23.1 Å². The highest BCUT2D eigenvalue weighted by atomic mass is 32.1. The van der Waals surface area contributed by atoms with Crippen LogP contribution in [-0.2, 0) is 9.47 Å². The first-order valence-corrected chi connectivity index (χ1v) is 9.82. The molecule has 2 aliphatic rings. The molecular formula is C18H24N4O3S2. The number of nitrogens with zero attached hydrogens (tertiary/aromatic N) is 2. The molecule has 0 saturated carbocycles. The second kappa shape index (κ2) is 9.93. The molecular weight excluding hydrogens is 384 g/mol. The van der Waals surface area contributed by atoms with Crippen molar-refractivity contribution in [3.05, 3.63) is 35.9 Å². The Hall–Kier alpha value is -1.81. The first kappa shape index (κ1) is 19.9. The summed E-state index contributed by atoms with van der Waals surface area (Å²) in [5, 5.41) is 7.21. The Balaban J connectivity index is 1.45. The fourth-order valence-corrected chi connectivity index (χ4v) is 3.47. The van der Waals surface area contributed by atoms with Gasteiger partial charge in [0.05, 0.1) is 25.9 Å². The van der Waals surface area contributed by atoms with E-state index in [4.69, 9.17) is 33.9 Å². The van der Waals surface area contributed by atoms with E-state index in [1.54, 1.807) is 12.1 Å². The standard InChI is InChI=1S/C18H24N4O3S2/c23-16(14-4-2-1-3-5-14)20-18(27)22-8-11-25-15(13-22)12-19-17(26)21-6-9-24-10-7-21/h1-5,15H,6-13H2,(H,19,26)(H,20,23,27). The summed E-state index contributed by atoms with van der Waals surface area (Å²) in [7, 11) is 0. The van der Waals surface area contributed by atoms with Gasteiger partial charge in [-0.05, 0) is 36.6 Å². The lowest BCUT2D eigenvalue weighted by Gasteiger charge is -2.35. The van der Waals surface area contributed by atoms with Crippen molar-refractivity contribution in [2.45, 2.75) is 6.10 Å². The van der Waals surface area contributed by atoms with Crippen molar-refractivity contribution in [3.63, 3.8) is 0 Å². The van der Waals surface area contributed by atoms with E-state index >= 15 is 0 Å². The smallest absolute Gasteiger partial charge is 0.257 e. The van der Waals surface area contributed by atoms with Crippen molar-refractivity contribution < 1.29 is 14.3 Å². The van der Waals surface area contributed by atoms with Crippen LogP contribution in [0.1, 0.15) is 10.4 Å². The van der Waals surface area contributed by atoms with Crippen LogP contribution >= 0.6 is 24.4 Å². The summed E-state index contributed by atoms with van der Waals surface area (Å²) in [6.07, 6.45) is -0.0516. The molecule has 7 nitrogen and oxygen atoms in total. The fourth-order valence-electron chi connectivity index (χ4n) is 2.94. The van der Waals surface area contributed by atoms with Crippen molar-refractivity contribution in [1.29, 1.82) is 0 Å². The molecule has 1 amide bonds. The summed E-state index contributed by atoms with van der Waals surface area (Å²) in [5.41, 5.74) is 0.585. The third kappa shape index (κ3) is 5.83. The van der Waals surface area contributed by atoms with Crippen LogP contribution in [0.5, 0.6) is 0 Å². The molecule has 0 bridgehead atoms. The molecule has 2 fully saturated rings. The zero-order valence-corrected chi connectivity index (χ0v) is 16.7. The minimum Gasteiger partial charge on any atom is -0.378 e. The molecule has 27 heavy (non-hydrogen) atoms. The van der Waals surface area contributed by atoms with Gasteiger partial charge in [0.15, 0.2) is 10.2 Å². The van der Waals surface area contributed by atoms with Crippen LogP contribution in [0.15, 0.2) is 30.3 Å². The van der Waals surface area contributed by atoms with Gasteiger partial charge >= 0.3 is 0 Å². The maximum atomic E-state index is 12.3. The van der Waals surface area contributed by atoms with Crippen LogP contribution in [0, 0.1) is 0 Å². The minimum atomic E-state index is -0.199. The number of thiocarbonyl (C=S) groups is 2. The van der Waals surface area contributed by atoms with E-state index in [0.29, 0.717) is 50.1 Å². The lowest BCUT2D eigenvalue weighted by Crippen LogP contribution is -2.54. The monoisotopic (exact) mass is 408 g/mol. The van der Waals surface area contributed by atoms with Crippen molar-refractivity contribution in [3.8, 4) is 0 Å². The lowest BCUT2D eigenvalue weighted by atomic mass is 10.2. The highest BCUT2D eigenvalue weighted by Crippen LogP contribution is 2.07. The van der Waals surface area contributed by atoms with Crippen LogP contribution in [-0.4, -0.2) is 84.6 Å². The summed E-state index contributed by atoms with van der Waals surface area (Å²) in [6.45, 7) is 5.42. The average molecular weight is 409 g/mol. The summed E-state index contributed by atoms with van der Waals surface area (Å²) in [6, 6.07) is 9.04. The maximum absolute atomic E-state index is 12.3. The molecule has 0 spiro atoms. The SMILES string of the molecule is O=C(NC(=S)N1CCOC(CNC(=S)N2CCOCC2)C1)c1ccccc1. The Morgan fingerprint density at radius 1 is 1.04 bits per heavy atom. The highest BCUT2D eigenvalue weighted by molar-refractivity contribution is 7.80. The Kier molecular flexibility index (Phi) is 7.33. The second-order valence-corrected chi connectivity index (χ2v) is 7.12. The topological polar surface area (TPSA) is 66.1 Å². The normalized spacial score (nSPS) is 20.1. The third-order valence-corrected chi connectivity index (χ3v) is 5.22. The molecule has 2 saturated heterocycles. The number of rotatable bonds is 3. The molecule has 2 heterocycles. The quantitative estimate of drug-likeness (QED) is 0.706. The Morgan fingerprint density at radius 3 is 2.48 bits per heavy atom. The fraction of sp³-hybridized carbons (Fsp3) is 0.500. The van der Waals surface area contributed by atoms with Gasteiger partial charge in [0.1, 0.15) is 0 Å². The minimum absolute atomic E-state index is 0.0516. The van der Waals surface area contributed by atoms with Crippen molar-refractivity contribution in [2.75, 3.05) is 52.5 Å². The molecule has 146 valence electrons. The van der Waals surface area contributed by atoms with Crippen molar-refractivity contribution in [1.82, 2.24) is 20.4 Å². The number of benzene rings is 1. The zero-order valence-electron chi connectivity index (χ0n) is 15.1. The molecule has 1 aromatic carbocycles. The van der Waals surface area contributed by atoms with Gasteiger partial charge in [-0.1, -0.05) is 18.2 Å². The zero-order chi connectivity index (χ0) is 19.1. The number of carbonyl (C=O) groups excluding carboxylic acids is 1. The average Bonchev–Trinajstić information content (AvgIpc) is 2.73. The third-order valence-electron chi connectivity index (χ3n) is 4.46. The highest BCUT2D eigenvalue weighted by Gasteiger charge is 2.24. The molecule has 9 heteroatoms. The number of carbonyl (C=O) groups is 1. The number of amides is 1. The first-order chi connectivity index (χ1) is 13.1. The maximum Gasteiger partial charge on any atom is 0.257 e. The summed E-state index contributed by atoms with van der Waals surface area (Å²) in [4.78, 5) is 16.3. The van der Waals surface area contributed by atoms with E-state index in [-0.39, 0.29) is 12.0 Å². The van der Waals surface area contributed by atoms with Gasteiger partial charge in [-0.15, -0.1) is 0 Å². The van der Waals surface area contributed by atoms with E-state index in [0.717, 1.165) is 18.2 Å². The number of ether oxygens (including phenoxy) is 2. The lowest BCUT2D eigenvalue weighted by molar-refractivity contribution is -0.00291. The van der Waals surface area contributed by atoms with E-state index in [1.165, 1.54) is 0 Å². The summed E-state index contributed by atoms with van der Waals surface area (Å²) < 4.78 is 11.1. The number of morpholine rings is 2. The number of nitrogens with one attached hydrogen (secondary N) is 2. The summed E-state index contributed by atoms with van der Waals surface area (Å²) in [5.74, 6) is -0.199. The summed E-state index contributed by atoms with van der Waals surface area (Å²) >= 11 is 10.9. The molecule has 1 aromatic rings. The van der Waals surface area contributed by atoms with E-state index in [9.17, 15) is 4.79 Å². The van der Waals surface area contributed by atoms with Crippen molar-refractivity contribution in [2.24, 2.45) is 0 Å². The van der Waals surface area contributed by atoms with Gasteiger partial charge < -0.3 is 24.6 Å². The van der Waals surface area contributed by atoms with Gasteiger partial charge in [0, 0.05) is 38.3 Å². The van der Waals surface area contributed by atoms with Gasteiger partial charge in [-0.2, -0.15) is 0 Å². The van der Waals surface area contributed by atoms with Crippen LogP contribution < -0.4 is 10.6 Å². The van der Waals surface area contributed by atoms with E-state index in [2.05, 4.69) is 15.5 Å². The Labute approximate surface area is 170 Å². The Bertz CT molecular complexity index is 668.